The maximum atomic E-state index is 12.7. The van der Waals surface area contributed by atoms with E-state index in [4.69, 9.17) is 21.1 Å². The Morgan fingerprint density at radius 1 is 1.17 bits per heavy atom. The monoisotopic (exact) mass is 361 g/mol. The van der Waals surface area contributed by atoms with E-state index < -0.39 is 0 Å². The molecule has 0 aliphatic heterocycles. The number of anilines is 1. The first kappa shape index (κ1) is 16.6. The van der Waals surface area contributed by atoms with Gasteiger partial charge >= 0.3 is 0 Å². The molecule has 4 nitrogen and oxygen atoms in total. The van der Waals surface area contributed by atoms with Gasteiger partial charge in [-0.3, -0.25) is 4.79 Å². The van der Waals surface area contributed by atoms with E-state index in [-0.39, 0.29) is 5.91 Å². The summed E-state index contributed by atoms with van der Waals surface area (Å²) in [6.45, 7) is 1.98. The molecule has 0 saturated heterocycles. The lowest BCUT2D eigenvalue weighted by atomic mass is 10.1. The van der Waals surface area contributed by atoms with Crippen LogP contribution in [0.25, 0.3) is 10.1 Å². The summed E-state index contributed by atoms with van der Waals surface area (Å²) in [5, 5.41) is 4.26. The number of carbonyl (C=O) groups is 1. The molecule has 3 aromatic rings. The molecule has 0 atom stereocenters. The number of benzene rings is 2. The Bertz CT molecular complexity index is 920. The van der Waals surface area contributed by atoms with Crippen molar-refractivity contribution in [1.82, 2.24) is 0 Å². The topological polar surface area (TPSA) is 47.6 Å². The third-order valence-electron chi connectivity index (χ3n) is 3.73. The molecule has 0 saturated carbocycles. The van der Waals surface area contributed by atoms with Crippen LogP contribution in [0.2, 0.25) is 5.02 Å². The number of hydrogen-bond donors (Lipinski definition) is 1. The number of carbonyl (C=O) groups excluding carboxylic acids is 1. The number of fused-ring (bicyclic) bond motifs is 1. The molecular formula is C18H16ClNO3S. The van der Waals surface area contributed by atoms with Gasteiger partial charge in [-0.25, -0.2) is 0 Å². The summed E-state index contributed by atoms with van der Waals surface area (Å²) in [5.74, 6) is 0.911. The van der Waals surface area contributed by atoms with Crippen LogP contribution in [-0.4, -0.2) is 20.1 Å². The van der Waals surface area contributed by atoms with Gasteiger partial charge in [0, 0.05) is 16.2 Å². The highest BCUT2D eigenvalue weighted by molar-refractivity contribution is 7.21. The molecule has 0 unspecified atom stereocenters. The summed E-state index contributed by atoms with van der Waals surface area (Å²) < 4.78 is 11.5. The summed E-state index contributed by atoms with van der Waals surface area (Å²) in [4.78, 5) is 13.2. The minimum absolute atomic E-state index is 0.271. The molecule has 1 amide bonds. The fourth-order valence-corrected chi connectivity index (χ4v) is 4.09. The number of nitrogens with one attached hydrogen (secondary N) is 1. The molecule has 0 fully saturated rings. The normalized spacial score (nSPS) is 10.7. The Morgan fingerprint density at radius 3 is 2.62 bits per heavy atom. The number of thiophene rings is 1. The smallest absolute Gasteiger partial charge is 0.267 e. The standard InChI is InChI=1S/C18H16ClNO3S/c1-10-5-4-6-14-15(10)16(19)17(24-14)18(21)20-12-9-11(22-2)7-8-13(12)23-3/h4-9H,1-3H3,(H,20,21). The van der Waals surface area contributed by atoms with Crippen molar-refractivity contribution in [3.63, 3.8) is 0 Å². The molecule has 1 N–H and O–H groups in total. The molecular weight excluding hydrogens is 346 g/mol. The second kappa shape index (κ2) is 6.71. The molecule has 24 heavy (non-hydrogen) atoms. The molecule has 1 heterocycles. The van der Waals surface area contributed by atoms with E-state index in [0.717, 1.165) is 15.6 Å². The minimum atomic E-state index is -0.271. The number of halogens is 1. The number of rotatable bonds is 4. The average molecular weight is 362 g/mol. The number of amides is 1. The zero-order chi connectivity index (χ0) is 17.3. The zero-order valence-corrected chi connectivity index (χ0v) is 15.0. The van der Waals surface area contributed by atoms with Gasteiger partial charge in [0.2, 0.25) is 0 Å². The summed E-state index contributed by atoms with van der Waals surface area (Å²) in [6.07, 6.45) is 0. The van der Waals surface area contributed by atoms with E-state index in [1.165, 1.54) is 11.3 Å². The first-order chi connectivity index (χ1) is 11.5. The number of ether oxygens (including phenoxy) is 2. The highest BCUT2D eigenvalue weighted by Crippen LogP contribution is 2.38. The van der Waals surface area contributed by atoms with Gasteiger partial charge in [0.05, 0.1) is 24.9 Å². The van der Waals surface area contributed by atoms with Gasteiger partial charge in [-0.05, 0) is 30.7 Å². The Kier molecular flexibility index (Phi) is 4.64. The van der Waals surface area contributed by atoms with Crippen molar-refractivity contribution in [2.45, 2.75) is 6.92 Å². The predicted octanol–water partition coefficient (Wildman–Crippen LogP) is 5.13. The van der Waals surface area contributed by atoms with Crippen molar-refractivity contribution in [3.8, 4) is 11.5 Å². The third kappa shape index (κ3) is 2.92. The van der Waals surface area contributed by atoms with Gasteiger partial charge < -0.3 is 14.8 Å². The van der Waals surface area contributed by atoms with Crippen molar-refractivity contribution < 1.29 is 14.3 Å². The van der Waals surface area contributed by atoms with Gasteiger partial charge in [-0.1, -0.05) is 23.7 Å². The summed E-state index contributed by atoms with van der Waals surface area (Å²) in [5.41, 5.74) is 1.58. The van der Waals surface area contributed by atoms with Crippen LogP contribution in [0.5, 0.6) is 11.5 Å². The molecule has 6 heteroatoms. The number of aryl methyl sites for hydroxylation is 1. The first-order valence-corrected chi connectivity index (χ1v) is 8.45. The molecule has 3 rings (SSSR count). The zero-order valence-electron chi connectivity index (χ0n) is 13.5. The Morgan fingerprint density at radius 2 is 1.96 bits per heavy atom. The molecule has 124 valence electrons. The third-order valence-corrected chi connectivity index (χ3v) is 5.37. The van der Waals surface area contributed by atoms with E-state index in [9.17, 15) is 4.79 Å². The fraction of sp³-hybridized carbons (Fsp3) is 0.167. The summed E-state index contributed by atoms with van der Waals surface area (Å²) >= 11 is 7.82. The SMILES string of the molecule is COc1ccc(OC)c(NC(=O)c2sc3cccc(C)c3c2Cl)c1. The van der Waals surface area contributed by atoms with E-state index in [1.807, 2.05) is 25.1 Å². The van der Waals surface area contributed by atoms with Crippen molar-refractivity contribution in [2.24, 2.45) is 0 Å². The summed E-state index contributed by atoms with van der Waals surface area (Å²) in [6, 6.07) is 11.1. The second-order valence-electron chi connectivity index (χ2n) is 5.21. The van der Waals surface area contributed by atoms with Crippen LogP contribution in [0.3, 0.4) is 0 Å². The van der Waals surface area contributed by atoms with Gasteiger partial charge in [-0.15, -0.1) is 11.3 Å². The average Bonchev–Trinajstić information content (AvgIpc) is 2.93. The van der Waals surface area contributed by atoms with Crippen LogP contribution >= 0.6 is 22.9 Å². The van der Waals surface area contributed by atoms with Crippen LogP contribution in [0, 0.1) is 6.92 Å². The lowest BCUT2D eigenvalue weighted by Crippen LogP contribution is -2.11. The van der Waals surface area contributed by atoms with E-state index >= 15 is 0 Å². The minimum Gasteiger partial charge on any atom is -0.497 e. The molecule has 1 aromatic heterocycles. The van der Waals surface area contributed by atoms with Gasteiger partial charge in [-0.2, -0.15) is 0 Å². The fourth-order valence-electron chi connectivity index (χ4n) is 2.51. The van der Waals surface area contributed by atoms with Crippen LogP contribution in [0.1, 0.15) is 15.2 Å². The molecule has 0 aliphatic rings. The lowest BCUT2D eigenvalue weighted by molar-refractivity contribution is 0.103. The highest BCUT2D eigenvalue weighted by atomic mass is 35.5. The lowest BCUT2D eigenvalue weighted by Gasteiger charge is -2.11. The molecule has 0 aliphatic carbocycles. The largest absolute Gasteiger partial charge is 0.497 e. The Hall–Kier alpha value is -2.24. The van der Waals surface area contributed by atoms with E-state index in [1.54, 1.807) is 32.4 Å². The van der Waals surface area contributed by atoms with Gasteiger partial charge in [0.1, 0.15) is 16.4 Å². The molecule has 0 bridgehead atoms. The molecule has 2 aromatic carbocycles. The van der Waals surface area contributed by atoms with E-state index in [2.05, 4.69) is 5.32 Å². The van der Waals surface area contributed by atoms with Crippen LogP contribution in [0.4, 0.5) is 5.69 Å². The van der Waals surface area contributed by atoms with E-state index in [0.29, 0.717) is 27.1 Å². The van der Waals surface area contributed by atoms with Crippen molar-refractivity contribution in [2.75, 3.05) is 19.5 Å². The van der Waals surface area contributed by atoms with Crippen molar-refractivity contribution >= 4 is 44.6 Å². The van der Waals surface area contributed by atoms with Gasteiger partial charge in [0.15, 0.2) is 0 Å². The second-order valence-corrected chi connectivity index (χ2v) is 6.64. The van der Waals surface area contributed by atoms with Crippen molar-refractivity contribution in [3.05, 3.63) is 51.9 Å². The predicted molar refractivity (Wildman–Crippen MR) is 99.1 cm³/mol. The van der Waals surface area contributed by atoms with Crippen molar-refractivity contribution in [1.29, 1.82) is 0 Å². The first-order valence-electron chi connectivity index (χ1n) is 7.26. The van der Waals surface area contributed by atoms with Crippen LogP contribution in [-0.2, 0) is 0 Å². The Balaban J connectivity index is 1.99. The van der Waals surface area contributed by atoms with Gasteiger partial charge in [0.25, 0.3) is 5.91 Å². The summed E-state index contributed by atoms with van der Waals surface area (Å²) in [7, 11) is 3.12. The maximum absolute atomic E-state index is 12.7. The Labute approximate surface area is 149 Å². The van der Waals surface area contributed by atoms with Crippen LogP contribution in [0.15, 0.2) is 36.4 Å². The number of methoxy groups -OCH3 is 2. The highest BCUT2D eigenvalue weighted by Gasteiger charge is 2.19. The maximum Gasteiger partial charge on any atom is 0.267 e. The van der Waals surface area contributed by atoms with Crippen LogP contribution < -0.4 is 14.8 Å². The molecule has 0 radical (unpaired) electrons. The number of hydrogen-bond acceptors (Lipinski definition) is 4. The molecule has 0 spiro atoms. The quantitative estimate of drug-likeness (QED) is 0.700.